The van der Waals surface area contributed by atoms with E-state index in [-0.39, 0.29) is 6.01 Å². The third-order valence-corrected chi connectivity index (χ3v) is 3.00. The Labute approximate surface area is 118 Å². The summed E-state index contributed by atoms with van der Waals surface area (Å²) < 4.78 is 6.38. The van der Waals surface area contributed by atoms with Crippen molar-refractivity contribution >= 4 is 27.5 Å². The SMILES string of the molecule is NCCc1cnc(Oc2ccc(Br)cc2Cl)nc1. The van der Waals surface area contributed by atoms with Gasteiger partial charge in [-0.2, -0.15) is 0 Å². The summed E-state index contributed by atoms with van der Waals surface area (Å²) in [6.07, 6.45) is 4.14. The van der Waals surface area contributed by atoms with Crippen LogP contribution in [0.3, 0.4) is 0 Å². The van der Waals surface area contributed by atoms with Crippen LogP contribution in [0.15, 0.2) is 35.1 Å². The van der Waals surface area contributed by atoms with Crippen LogP contribution >= 0.6 is 27.5 Å². The summed E-state index contributed by atoms with van der Waals surface area (Å²) in [5, 5.41) is 0.499. The predicted molar refractivity (Wildman–Crippen MR) is 74.0 cm³/mol. The molecule has 0 aliphatic rings. The van der Waals surface area contributed by atoms with Gasteiger partial charge >= 0.3 is 6.01 Å². The molecule has 0 unspecified atom stereocenters. The van der Waals surface area contributed by atoms with E-state index in [1.54, 1.807) is 24.5 Å². The molecule has 0 bridgehead atoms. The molecule has 6 heteroatoms. The molecular weight excluding hydrogens is 318 g/mol. The van der Waals surface area contributed by atoms with Crippen LogP contribution in [0, 0.1) is 0 Å². The lowest BCUT2D eigenvalue weighted by molar-refractivity contribution is 0.441. The number of hydrogen-bond donors (Lipinski definition) is 1. The average molecular weight is 329 g/mol. The quantitative estimate of drug-likeness (QED) is 0.936. The zero-order chi connectivity index (χ0) is 13.0. The lowest BCUT2D eigenvalue weighted by atomic mass is 10.2. The monoisotopic (exact) mass is 327 g/mol. The Morgan fingerprint density at radius 1 is 1.28 bits per heavy atom. The molecule has 2 aromatic rings. The van der Waals surface area contributed by atoms with E-state index in [4.69, 9.17) is 22.1 Å². The third-order valence-electron chi connectivity index (χ3n) is 2.21. The van der Waals surface area contributed by atoms with Gasteiger partial charge in [0.1, 0.15) is 5.75 Å². The highest BCUT2D eigenvalue weighted by atomic mass is 79.9. The lowest BCUT2D eigenvalue weighted by Gasteiger charge is -2.06. The normalized spacial score (nSPS) is 10.4. The van der Waals surface area contributed by atoms with Crippen molar-refractivity contribution < 1.29 is 4.74 Å². The minimum Gasteiger partial charge on any atom is -0.423 e. The van der Waals surface area contributed by atoms with Crippen molar-refractivity contribution in [3.05, 3.63) is 45.7 Å². The number of rotatable bonds is 4. The fraction of sp³-hybridized carbons (Fsp3) is 0.167. The Hall–Kier alpha value is -1.17. The standard InChI is InChI=1S/C12H11BrClN3O/c13-9-1-2-11(10(14)5-9)18-12-16-6-8(3-4-15)7-17-12/h1-2,5-7H,3-4,15H2. The molecule has 0 atom stereocenters. The fourth-order valence-electron chi connectivity index (χ4n) is 1.35. The van der Waals surface area contributed by atoms with Crippen LogP contribution in [0.25, 0.3) is 0 Å². The molecule has 1 heterocycles. The molecule has 1 aromatic heterocycles. The van der Waals surface area contributed by atoms with Crippen molar-refractivity contribution in [2.75, 3.05) is 6.54 Å². The van der Waals surface area contributed by atoms with Gasteiger partial charge in [0, 0.05) is 16.9 Å². The molecular formula is C12H11BrClN3O. The van der Waals surface area contributed by atoms with E-state index < -0.39 is 0 Å². The van der Waals surface area contributed by atoms with E-state index in [1.807, 2.05) is 6.07 Å². The number of halogens is 2. The van der Waals surface area contributed by atoms with Gasteiger partial charge in [-0.05, 0) is 36.7 Å². The van der Waals surface area contributed by atoms with Crippen LogP contribution in [-0.2, 0) is 6.42 Å². The Balaban J connectivity index is 2.13. The topological polar surface area (TPSA) is 61.0 Å². The highest BCUT2D eigenvalue weighted by Crippen LogP contribution is 2.30. The van der Waals surface area contributed by atoms with E-state index in [9.17, 15) is 0 Å². The molecule has 1 aromatic carbocycles. The van der Waals surface area contributed by atoms with Gasteiger partial charge in [-0.3, -0.25) is 0 Å². The van der Waals surface area contributed by atoms with Gasteiger partial charge in [-0.25, -0.2) is 9.97 Å². The smallest absolute Gasteiger partial charge is 0.321 e. The third kappa shape index (κ3) is 3.41. The number of hydrogen-bond acceptors (Lipinski definition) is 4. The molecule has 0 saturated heterocycles. The van der Waals surface area contributed by atoms with Crippen molar-refractivity contribution in [1.82, 2.24) is 9.97 Å². The first-order valence-electron chi connectivity index (χ1n) is 5.33. The largest absolute Gasteiger partial charge is 0.423 e. The van der Waals surface area contributed by atoms with Crippen molar-refractivity contribution in [3.63, 3.8) is 0 Å². The summed E-state index contributed by atoms with van der Waals surface area (Å²) in [6.45, 7) is 0.572. The molecule has 2 N–H and O–H groups in total. The number of nitrogens with zero attached hydrogens (tertiary/aromatic N) is 2. The Kier molecular flexibility index (Phi) is 4.52. The second-order valence-corrected chi connectivity index (χ2v) is 4.91. The molecule has 2 rings (SSSR count). The molecule has 4 nitrogen and oxygen atoms in total. The summed E-state index contributed by atoms with van der Waals surface area (Å²) in [7, 11) is 0. The molecule has 0 aliphatic carbocycles. The summed E-state index contributed by atoms with van der Waals surface area (Å²) in [6, 6.07) is 5.60. The Morgan fingerprint density at radius 3 is 2.61 bits per heavy atom. The van der Waals surface area contributed by atoms with Crippen LogP contribution in [0.1, 0.15) is 5.56 Å². The summed E-state index contributed by atoms with van der Waals surface area (Å²) >= 11 is 9.36. The fourth-order valence-corrected chi connectivity index (χ4v) is 2.06. The zero-order valence-corrected chi connectivity index (χ0v) is 11.8. The molecule has 0 aliphatic heterocycles. The van der Waals surface area contributed by atoms with E-state index in [2.05, 4.69) is 25.9 Å². The van der Waals surface area contributed by atoms with Crippen LogP contribution < -0.4 is 10.5 Å². The minimum atomic E-state index is 0.264. The Morgan fingerprint density at radius 2 is 2.00 bits per heavy atom. The maximum absolute atomic E-state index is 6.03. The number of nitrogens with two attached hydrogens (primary N) is 1. The first-order chi connectivity index (χ1) is 8.69. The van der Waals surface area contributed by atoms with Crippen LogP contribution in [0.2, 0.25) is 5.02 Å². The van der Waals surface area contributed by atoms with Gasteiger partial charge in [-0.1, -0.05) is 27.5 Å². The van der Waals surface area contributed by atoms with Crippen molar-refractivity contribution in [2.24, 2.45) is 5.73 Å². The molecule has 0 radical (unpaired) electrons. The van der Waals surface area contributed by atoms with Crippen molar-refractivity contribution in [3.8, 4) is 11.8 Å². The molecule has 0 fully saturated rings. The average Bonchev–Trinajstić information content (AvgIpc) is 2.35. The van der Waals surface area contributed by atoms with Gasteiger partial charge in [-0.15, -0.1) is 0 Å². The van der Waals surface area contributed by atoms with Gasteiger partial charge in [0.05, 0.1) is 5.02 Å². The maximum atomic E-state index is 6.03. The second kappa shape index (κ2) is 6.13. The first-order valence-corrected chi connectivity index (χ1v) is 6.50. The van der Waals surface area contributed by atoms with E-state index >= 15 is 0 Å². The van der Waals surface area contributed by atoms with E-state index in [0.717, 1.165) is 16.5 Å². The maximum Gasteiger partial charge on any atom is 0.321 e. The lowest BCUT2D eigenvalue weighted by Crippen LogP contribution is -2.03. The summed E-state index contributed by atoms with van der Waals surface area (Å²) in [5.41, 5.74) is 6.43. The summed E-state index contributed by atoms with van der Waals surface area (Å²) in [5.74, 6) is 0.520. The highest BCUT2D eigenvalue weighted by molar-refractivity contribution is 9.10. The van der Waals surface area contributed by atoms with Crippen LogP contribution in [0.4, 0.5) is 0 Å². The zero-order valence-electron chi connectivity index (χ0n) is 9.44. The van der Waals surface area contributed by atoms with Gasteiger partial charge < -0.3 is 10.5 Å². The highest BCUT2D eigenvalue weighted by Gasteiger charge is 2.05. The molecule has 0 spiro atoms. The predicted octanol–water partition coefficient (Wildman–Crippen LogP) is 3.19. The first kappa shape index (κ1) is 13.3. The van der Waals surface area contributed by atoms with Gasteiger partial charge in [0.15, 0.2) is 0 Å². The van der Waals surface area contributed by atoms with E-state index in [0.29, 0.717) is 17.3 Å². The van der Waals surface area contributed by atoms with Crippen molar-refractivity contribution in [1.29, 1.82) is 0 Å². The molecule has 0 saturated carbocycles. The Bertz CT molecular complexity index is 533. The van der Waals surface area contributed by atoms with E-state index in [1.165, 1.54) is 0 Å². The second-order valence-electron chi connectivity index (χ2n) is 3.59. The van der Waals surface area contributed by atoms with Crippen LogP contribution in [-0.4, -0.2) is 16.5 Å². The van der Waals surface area contributed by atoms with Gasteiger partial charge in [0.2, 0.25) is 0 Å². The molecule has 94 valence electrons. The van der Waals surface area contributed by atoms with Crippen molar-refractivity contribution in [2.45, 2.75) is 6.42 Å². The minimum absolute atomic E-state index is 0.264. The molecule has 18 heavy (non-hydrogen) atoms. The van der Waals surface area contributed by atoms with Crippen LogP contribution in [0.5, 0.6) is 11.8 Å². The van der Waals surface area contributed by atoms with Gasteiger partial charge in [0.25, 0.3) is 0 Å². The number of ether oxygens (including phenoxy) is 1. The summed E-state index contributed by atoms with van der Waals surface area (Å²) in [4.78, 5) is 8.19. The number of aromatic nitrogens is 2. The molecule has 0 amide bonds. The number of benzene rings is 1.